The molecule has 39 heavy (non-hydrogen) atoms. The molecule has 2 heterocycles. The molecule has 0 spiro atoms. The summed E-state index contributed by atoms with van der Waals surface area (Å²) >= 11 is 6.01. The Hall–Kier alpha value is -4.36. The summed E-state index contributed by atoms with van der Waals surface area (Å²) in [4.78, 5) is 26.0. The Kier molecular flexibility index (Phi) is 6.45. The number of fused-ring (bicyclic) bond motifs is 4. The molecule has 8 heteroatoms. The molecular weight excluding hydrogens is 512 g/mol. The molecule has 0 saturated heterocycles. The quantitative estimate of drug-likeness (QED) is 0.234. The van der Waals surface area contributed by atoms with Crippen LogP contribution in [0.4, 0.5) is 5.69 Å². The maximum Gasteiger partial charge on any atom is 0.291 e. The van der Waals surface area contributed by atoms with Gasteiger partial charge in [-0.2, -0.15) is 5.10 Å². The highest BCUT2D eigenvalue weighted by Crippen LogP contribution is 2.33. The average Bonchev–Trinajstić information content (AvgIpc) is 3.46. The monoisotopic (exact) mass is 538 g/mol. The van der Waals surface area contributed by atoms with Crippen LogP contribution in [0.2, 0.25) is 5.02 Å². The van der Waals surface area contributed by atoms with Crippen molar-refractivity contribution in [2.45, 2.75) is 39.7 Å². The average molecular weight is 539 g/mol. The minimum atomic E-state index is -0.351. The summed E-state index contributed by atoms with van der Waals surface area (Å²) in [5, 5.41) is 10.1. The highest BCUT2D eigenvalue weighted by Gasteiger charge is 2.28. The van der Waals surface area contributed by atoms with Gasteiger partial charge in [0.1, 0.15) is 5.76 Å². The lowest BCUT2D eigenvalue weighted by Crippen LogP contribution is -2.22. The van der Waals surface area contributed by atoms with Crippen molar-refractivity contribution >= 4 is 56.6 Å². The van der Waals surface area contributed by atoms with Crippen LogP contribution in [0, 0.1) is 6.92 Å². The highest BCUT2D eigenvalue weighted by molar-refractivity contribution is 6.31. The molecule has 5 aromatic rings. The molecule has 196 valence electrons. The second-order valence-electron chi connectivity index (χ2n) is 9.67. The van der Waals surface area contributed by atoms with Gasteiger partial charge in [-0.1, -0.05) is 35.9 Å². The third-order valence-corrected chi connectivity index (χ3v) is 7.49. The lowest BCUT2D eigenvalue weighted by Gasteiger charge is -2.13. The van der Waals surface area contributed by atoms with Crippen LogP contribution in [0.25, 0.3) is 21.8 Å². The summed E-state index contributed by atoms with van der Waals surface area (Å²) in [6, 6.07) is 21.0. The minimum absolute atomic E-state index is 0.256. The van der Waals surface area contributed by atoms with Gasteiger partial charge in [-0.3, -0.25) is 9.59 Å². The Morgan fingerprint density at radius 2 is 1.79 bits per heavy atom. The van der Waals surface area contributed by atoms with Crippen molar-refractivity contribution in [2.75, 3.05) is 5.32 Å². The predicted octanol–water partition coefficient (Wildman–Crippen LogP) is 7.09. The number of halogens is 1. The number of carbonyl (C=O) groups is 2. The standard InChI is InChI=1S/C31H27ClN4O3/c1-3-36-25-12-5-4-10-22(25)23-17-21(14-15-26(23)36)33-31(38)29-18(2)28-24(11-7-13-27(28)39-29)34-35-30(37)19-8-6-9-20(32)16-19/h4-6,8-10,12,14-17H,3,7,11,13H2,1-2H3,(H,33,38)(H,35,37)/b34-24+. The number of nitrogens with zero attached hydrogens (tertiary/aromatic N) is 2. The lowest BCUT2D eigenvalue weighted by molar-refractivity contribution is 0.0953. The fourth-order valence-corrected chi connectivity index (χ4v) is 5.66. The molecule has 1 aliphatic rings. The van der Waals surface area contributed by atoms with Crippen LogP contribution in [0.1, 0.15) is 57.6 Å². The number of aromatic nitrogens is 1. The summed E-state index contributed by atoms with van der Waals surface area (Å²) in [5.74, 6) is 0.298. The van der Waals surface area contributed by atoms with Crippen molar-refractivity contribution in [2.24, 2.45) is 5.10 Å². The number of amides is 2. The summed E-state index contributed by atoms with van der Waals surface area (Å²) < 4.78 is 8.33. The van der Waals surface area contributed by atoms with Gasteiger partial charge in [0.05, 0.1) is 5.71 Å². The third-order valence-electron chi connectivity index (χ3n) is 7.26. The topological polar surface area (TPSA) is 88.6 Å². The van der Waals surface area contributed by atoms with Crippen molar-refractivity contribution in [1.82, 2.24) is 9.99 Å². The van der Waals surface area contributed by atoms with Crippen LogP contribution in [-0.4, -0.2) is 22.1 Å². The number of nitrogens with one attached hydrogen (secondary N) is 2. The minimum Gasteiger partial charge on any atom is -0.455 e. The maximum atomic E-state index is 13.4. The Morgan fingerprint density at radius 3 is 2.62 bits per heavy atom. The van der Waals surface area contributed by atoms with Crippen molar-refractivity contribution in [3.8, 4) is 0 Å². The van der Waals surface area contributed by atoms with Crippen LogP contribution in [-0.2, 0) is 13.0 Å². The van der Waals surface area contributed by atoms with E-state index >= 15 is 0 Å². The molecule has 2 amide bonds. The zero-order valence-corrected chi connectivity index (χ0v) is 22.4. The van der Waals surface area contributed by atoms with Gasteiger partial charge in [0, 0.05) is 62.2 Å². The zero-order chi connectivity index (χ0) is 27.1. The van der Waals surface area contributed by atoms with Crippen LogP contribution in [0.5, 0.6) is 0 Å². The first kappa shape index (κ1) is 24.9. The smallest absolute Gasteiger partial charge is 0.291 e. The van der Waals surface area contributed by atoms with E-state index < -0.39 is 0 Å². The van der Waals surface area contributed by atoms with Gasteiger partial charge in [-0.25, -0.2) is 5.43 Å². The van der Waals surface area contributed by atoms with Crippen LogP contribution in [0.15, 0.2) is 76.2 Å². The number of hydrazone groups is 1. The third kappa shape index (κ3) is 4.49. The van der Waals surface area contributed by atoms with Gasteiger partial charge in [-0.05, 0) is 69.2 Å². The van der Waals surface area contributed by atoms with Gasteiger partial charge in [0.25, 0.3) is 11.8 Å². The predicted molar refractivity (Wildman–Crippen MR) is 155 cm³/mol. The molecule has 0 unspecified atom stereocenters. The van der Waals surface area contributed by atoms with E-state index in [1.54, 1.807) is 24.3 Å². The molecule has 0 fully saturated rings. The second-order valence-corrected chi connectivity index (χ2v) is 10.1. The summed E-state index contributed by atoms with van der Waals surface area (Å²) in [5.41, 5.74) is 8.24. The van der Waals surface area contributed by atoms with Gasteiger partial charge in [-0.15, -0.1) is 0 Å². The molecule has 6 rings (SSSR count). The molecule has 1 aliphatic carbocycles. The van der Waals surface area contributed by atoms with E-state index in [4.69, 9.17) is 16.0 Å². The first-order valence-corrected chi connectivity index (χ1v) is 13.4. The number of para-hydroxylation sites is 1. The Bertz CT molecular complexity index is 1800. The summed E-state index contributed by atoms with van der Waals surface area (Å²) in [6.45, 7) is 4.84. The number of hydrogen-bond acceptors (Lipinski definition) is 4. The number of rotatable bonds is 5. The fraction of sp³-hybridized carbons (Fsp3) is 0.194. The van der Waals surface area contributed by atoms with E-state index in [2.05, 4.69) is 39.5 Å². The molecule has 3 aromatic carbocycles. The molecule has 0 atom stereocenters. The zero-order valence-electron chi connectivity index (χ0n) is 21.7. The molecule has 0 radical (unpaired) electrons. The number of carbonyl (C=O) groups excluding carboxylic acids is 2. The molecule has 0 saturated carbocycles. The molecule has 0 aliphatic heterocycles. The number of anilines is 1. The van der Waals surface area contributed by atoms with Crippen LogP contribution < -0.4 is 10.7 Å². The van der Waals surface area contributed by atoms with Gasteiger partial charge in [0.2, 0.25) is 0 Å². The number of hydrogen-bond donors (Lipinski definition) is 2. The Balaban J connectivity index is 1.27. The lowest BCUT2D eigenvalue weighted by atomic mass is 9.93. The van der Waals surface area contributed by atoms with E-state index in [-0.39, 0.29) is 17.6 Å². The number of benzene rings is 3. The normalized spacial score (nSPS) is 14.1. The van der Waals surface area contributed by atoms with E-state index in [9.17, 15) is 9.59 Å². The van der Waals surface area contributed by atoms with E-state index in [0.29, 0.717) is 46.2 Å². The van der Waals surface area contributed by atoms with Crippen molar-refractivity contribution in [3.63, 3.8) is 0 Å². The largest absolute Gasteiger partial charge is 0.455 e. The molecule has 0 bridgehead atoms. The maximum absolute atomic E-state index is 13.4. The molecule has 2 N–H and O–H groups in total. The molecule has 7 nitrogen and oxygen atoms in total. The van der Waals surface area contributed by atoms with Crippen molar-refractivity contribution in [3.05, 3.63) is 100.0 Å². The Labute approximate surface area is 230 Å². The SMILES string of the molecule is CCn1c2ccccc2c2cc(NC(=O)c3oc4c(c3C)/C(=N/NC(=O)c3cccc(Cl)c3)CCC4)ccc21. The van der Waals surface area contributed by atoms with Gasteiger partial charge >= 0.3 is 0 Å². The van der Waals surface area contributed by atoms with Crippen LogP contribution >= 0.6 is 11.6 Å². The molecule has 2 aromatic heterocycles. The molecular formula is C31H27ClN4O3. The number of aryl methyl sites for hydroxylation is 2. The first-order valence-electron chi connectivity index (χ1n) is 13.0. The van der Waals surface area contributed by atoms with Crippen LogP contribution in [0.3, 0.4) is 0 Å². The van der Waals surface area contributed by atoms with Crippen molar-refractivity contribution < 1.29 is 14.0 Å². The summed E-state index contributed by atoms with van der Waals surface area (Å²) in [6.07, 6.45) is 2.18. The van der Waals surface area contributed by atoms with E-state index in [1.165, 1.54) is 5.52 Å². The van der Waals surface area contributed by atoms with Crippen molar-refractivity contribution in [1.29, 1.82) is 0 Å². The Morgan fingerprint density at radius 1 is 0.974 bits per heavy atom. The highest BCUT2D eigenvalue weighted by atomic mass is 35.5. The second kappa shape index (κ2) is 10.1. The fourth-order valence-electron chi connectivity index (χ4n) is 5.47. The van der Waals surface area contributed by atoms with E-state index in [1.807, 2.05) is 37.3 Å². The summed E-state index contributed by atoms with van der Waals surface area (Å²) in [7, 11) is 0. The van der Waals surface area contributed by atoms with Gasteiger partial charge in [0.15, 0.2) is 5.76 Å². The van der Waals surface area contributed by atoms with E-state index in [0.717, 1.165) is 34.8 Å². The first-order chi connectivity index (χ1) is 18.9. The number of furan rings is 1. The van der Waals surface area contributed by atoms with Gasteiger partial charge < -0.3 is 14.3 Å².